The molecule has 0 spiro atoms. The number of aromatic hydroxyl groups is 1. The van der Waals surface area contributed by atoms with Gasteiger partial charge in [0.05, 0.1) is 6.61 Å². The summed E-state index contributed by atoms with van der Waals surface area (Å²) < 4.78 is 0. The number of likely N-dealkylation sites (tertiary alicyclic amines) is 1. The summed E-state index contributed by atoms with van der Waals surface area (Å²) in [6.07, 6.45) is 0.920. The molecule has 0 saturated carbocycles. The van der Waals surface area contributed by atoms with Crippen molar-refractivity contribution in [2.75, 3.05) is 13.2 Å². The van der Waals surface area contributed by atoms with Crippen LogP contribution >= 0.6 is 0 Å². The van der Waals surface area contributed by atoms with Gasteiger partial charge in [-0.1, -0.05) is 12.1 Å². The smallest absolute Gasteiger partial charge is 0.326 e. The van der Waals surface area contributed by atoms with Crippen LogP contribution in [0.4, 0.5) is 0 Å². The molecule has 1 saturated heterocycles. The molecule has 11 heteroatoms. The van der Waals surface area contributed by atoms with Gasteiger partial charge in [0.25, 0.3) is 0 Å². The fraction of sp³-hybridized carbons (Fsp3) is 0.500. The Kier molecular flexibility index (Phi) is 8.34. The summed E-state index contributed by atoms with van der Waals surface area (Å²) in [6.45, 7) is 1.17. The molecule has 31 heavy (non-hydrogen) atoms. The normalized spacial score (nSPS) is 18.7. The first-order valence-electron chi connectivity index (χ1n) is 9.92. The molecular formula is C20H28N4O7. The predicted octanol–water partition coefficient (Wildman–Crippen LogP) is -1.68. The molecule has 2 rings (SSSR count). The number of phenolic OH excluding ortho intramolecular Hbond substituents is 1. The summed E-state index contributed by atoms with van der Waals surface area (Å²) in [7, 11) is 0. The van der Waals surface area contributed by atoms with Gasteiger partial charge in [-0.25, -0.2) is 4.79 Å². The second-order valence-corrected chi connectivity index (χ2v) is 7.48. The third-order valence-corrected chi connectivity index (χ3v) is 5.09. The van der Waals surface area contributed by atoms with Gasteiger partial charge in [0.15, 0.2) is 0 Å². The number of carboxylic acid groups (broad SMARTS) is 1. The lowest BCUT2D eigenvalue weighted by Gasteiger charge is -2.28. The number of hydrogen-bond acceptors (Lipinski definition) is 7. The maximum absolute atomic E-state index is 12.8. The zero-order valence-electron chi connectivity index (χ0n) is 17.2. The monoisotopic (exact) mass is 436 g/mol. The van der Waals surface area contributed by atoms with Crippen molar-refractivity contribution in [2.24, 2.45) is 5.73 Å². The van der Waals surface area contributed by atoms with Crippen molar-refractivity contribution < 1.29 is 34.5 Å². The van der Waals surface area contributed by atoms with Crippen LogP contribution in [0.1, 0.15) is 25.3 Å². The summed E-state index contributed by atoms with van der Waals surface area (Å²) >= 11 is 0. The highest BCUT2D eigenvalue weighted by molar-refractivity contribution is 5.94. The number of aliphatic carboxylic acids is 1. The van der Waals surface area contributed by atoms with Crippen LogP contribution in [0.25, 0.3) is 0 Å². The number of amides is 3. The van der Waals surface area contributed by atoms with Gasteiger partial charge in [-0.3, -0.25) is 14.4 Å². The number of carboxylic acids is 1. The third kappa shape index (κ3) is 6.40. The molecule has 0 aliphatic carbocycles. The summed E-state index contributed by atoms with van der Waals surface area (Å²) in [6, 6.07) is 1.76. The van der Waals surface area contributed by atoms with Crippen molar-refractivity contribution in [3.63, 3.8) is 0 Å². The van der Waals surface area contributed by atoms with E-state index in [1.54, 1.807) is 12.1 Å². The van der Waals surface area contributed by atoms with Crippen molar-refractivity contribution in [3.8, 4) is 5.75 Å². The number of nitrogens with one attached hydrogen (secondary N) is 2. The van der Waals surface area contributed by atoms with Crippen molar-refractivity contribution in [3.05, 3.63) is 29.8 Å². The Bertz CT molecular complexity index is 814. The first-order valence-corrected chi connectivity index (χ1v) is 9.92. The Morgan fingerprint density at radius 2 is 1.84 bits per heavy atom. The second-order valence-electron chi connectivity index (χ2n) is 7.48. The quantitative estimate of drug-likeness (QED) is 0.265. The van der Waals surface area contributed by atoms with E-state index >= 15 is 0 Å². The number of aliphatic hydroxyl groups is 1. The average Bonchev–Trinajstić information content (AvgIpc) is 3.23. The molecule has 1 aromatic carbocycles. The minimum absolute atomic E-state index is 0.00747. The summed E-state index contributed by atoms with van der Waals surface area (Å²) in [5.74, 6) is -2.97. The molecule has 1 aliphatic rings. The SMILES string of the molecule is CC(NC(=O)C(N)CO)C(=O)N1CCCC1C(=O)NC(Cc1ccc(O)cc1)C(=O)O. The van der Waals surface area contributed by atoms with Gasteiger partial charge in [0, 0.05) is 13.0 Å². The minimum atomic E-state index is -1.23. The summed E-state index contributed by atoms with van der Waals surface area (Å²) in [4.78, 5) is 50.3. The molecule has 7 N–H and O–H groups in total. The summed E-state index contributed by atoms with van der Waals surface area (Å²) in [5, 5.41) is 32.7. The molecule has 3 amide bonds. The Morgan fingerprint density at radius 1 is 1.19 bits per heavy atom. The zero-order chi connectivity index (χ0) is 23.1. The van der Waals surface area contributed by atoms with Gasteiger partial charge in [0.1, 0.15) is 29.9 Å². The van der Waals surface area contributed by atoms with E-state index in [-0.39, 0.29) is 12.2 Å². The average molecular weight is 436 g/mol. The molecule has 11 nitrogen and oxygen atoms in total. The fourth-order valence-corrected chi connectivity index (χ4v) is 3.35. The summed E-state index contributed by atoms with van der Waals surface area (Å²) in [5.41, 5.74) is 6.04. The van der Waals surface area contributed by atoms with Crippen molar-refractivity contribution >= 4 is 23.7 Å². The number of nitrogens with two attached hydrogens (primary N) is 1. The molecular weight excluding hydrogens is 408 g/mol. The van der Waals surface area contributed by atoms with Crippen LogP contribution in [0.2, 0.25) is 0 Å². The third-order valence-electron chi connectivity index (χ3n) is 5.09. The molecule has 170 valence electrons. The van der Waals surface area contributed by atoms with Crippen molar-refractivity contribution in [1.82, 2.24) is 15.5 Å². The van der Waals surface area contributed by atoms with Gasteiger partial charge in [-0.15, -0.1) is 0 Å². The Labute approximate surface area is 179 Å². The van der Waals surface area contributed by atoms with Gasteiger partial charge in [-0.2, -0.15) is 0 Å². The van der Waals surface area contributed by atoms with Crippen LogP contribution < -0.4 is 16.4 Å². The number of nitrogens with zero attached hydrogens (tertiary/aromatic N) is 1. The van der Waals surface area contributed by atoms with Crippen LogP contribution in [-0.2, 0) is 25.6 Å². The molecule has 4 unspecified atom stereocenters. The van der Waals surface area contributed by atoms with E-state index in [1.165, 1.54) is 24.0 Å². The number of aliphatic hydroxyl groups excluding tert-OH is 1. The Morgan fingerprint density at radius 3 is 2.42 bits per heavy atom. The Hall–Kier alpha value is -3.18. The molecule has 0 aromatic heterocycles. The maximum Gasteiger partial charge on any atom is 0.326 e. The first-order chi connectivity index (χ1) is 14.6. The standard InChI is InChI=1S/C20H28N4O7/c1-11(22-17(27)14(21)10-25)19(29)24-8-2-3-16(24)18(28)23-15(20(30)31)9-12-4-6-13(26)7-5-12/h4-7,11,14-16,25-26H,2-3,8-10,21H2,1H3,(H,22,27)(H,23,28)(H,30,31). The number of carbonyl (C=O) groups is 4. The number of phenols is 1. The molecule has 1 aliphatic heterocycles. The van der Waals surface area contributed by atoms with Crippen molar-refractivity contribution in [2.45, 2.75) is 50.4 Å². The highest BCUT2D eigenvalue weighted by Gasteiger charge is 2.38. The largest absolute Gasteiger partial charge is 0.508 e. The van der Waals surface area contributed by atoms with Gasteiger partial charge < -0.3 is 36.6 Å². The van der Waals surface area contributed by atoms with Gasteiger partial charge >= 0.3 is 5.97 Å². The maximum atomic E-state index is 12.8. The van der Waals surface area contributed by atoms with Crippen LogP contribution in [0.3, 0.4) is 0 Å². The molecule has 4 atom stereocenters. The van der Waals surface area contributed by atoms with E-state index in [0.29, 0.717) is 24.9 Å². The van der Waals surface area contributed by atoms with Gasteiger partial charge in [0.2, 0.25) is 17.7 Å². The number of carbonyl (C=O) groups excluding carboxylic acids is 3. The highest BCUT2D eigenvalue weighted by Crippen LogP contribution is 2.19. The number of benzene rings is 1. The van der Waals surface area contributed by atoms with Gasteiger partial charge in [-0.05, 0) is 37.5 Å². The Balaban J connectivity index is 2.03. The molecule has 0 radical (unpaired) electrons. The van der Waals surface area contributed by atoms with E-state index in [9.17, 15) is 29.4 Å². The van der Waals surface area contributed by atoms with Crippen LogP contribution in [0.15, 0.2) is 24.3 Å². The fourth-order valence-electron chi connectivity index (χ4n) is 3.35. The first kappa shape index (κ1) is 24.1. The van der Waals surface area contributed by atoms with E-state index in [4.69, 9.17) is 10.8 Å². The van der Waals surface area contributed by atoms with E-state index in [2.05, 4.69) is 10.6 Å². The predicted molar refractivity (Wildman–Crippen MR) is 109 cm³/mol. The molecule has 0 bridgehead atoms. The van der Waals surface area contributed by atoms with E-state index in [1.807, 2.05) is 0 Å². The lowest BCUT2D eigenvalue weighted by Crippen LogP contribution is -2.56. The zero-order valence-corrected chi connectivity index (χ0v) is 17.2. The topological polar surface area (TPSA) is 182 Å². The molecule has 1 heterocycles. The van der Waals surface area contributed by atoms with Crippen LogP contribution in [-0.4, -0.2) is 81.2 Å². The molecule has 1 aromatic rings. The number of rotatable bonds is 9. The molecule has 1 fully saturated rings. The highest BCUT2D eigenvalue weighted by atomic mass is 16.4. The van der Waals surface area contributed by atoms with Crippen molar-refractivity contribution in [1.29, 1.82) is 0 Å². The minimum Gasteiger partial charge on any atom is -0.508 e. The number of hydrogen-bond donors (Lipinski definition) is 6. The van der Waals surface area contributed by atoms with Crippen LogP contribution in [0.5, 0.6) is 5.75 Å². The van der Waals surface area contributed by atoms with E-state index in [0.717, 1.165) is 0 Å². The lowest BCUT2D eigenvalue weighted by atomic mass is 10.0. The van der Waals surface area contributed by atoms with E-state index < -0.39 is 54.5 Å². The van der Waals surface area contributed by atoms with Crippen LogP contribution in [0, 0.1) is 0 Å². The second kappa shape index (κ2) is 10.7. The lowest BCUT2D eigenvalue weighted by molar-refractivity contribution is -0.144.